The number of hydrogen-bond acceptors (Lipinski definition) is 5. The fourth-order valence-electron chi connectivity index (χ4n) is 3.25. The number of nitrogens with zero attached hydrogens (tertiary/aromatic N) is 1. The minimum Gasteiger partial charge on any atom is -0.497 e. The van der Waals surface area contributed by atoms with Crippen LogP contribution in [-0.4, -0.2) is 38.3 Å². The molecule has 1 atom stereocenters. The first kappa shape index (κ1) is 17.9. The van der Waals surface area contributed by atoms with Gasteiger partial charge in [-0.3, -0.25) is 9.59 Å². The van der Waals surface area contributed by atoms with Crippen LogP contribution in [0, 0.1) is 0 Å². The van der Waals surface area contributed by atoms with Crippen LogP contribution in [0.5, 0.6) is 17.2 Å². The molecule has 2 aliphatic heterocycles. The van der Waals surface area contributed by atoms with E-state index in [-0.39, 0.29) is 31.1 Å². The number of carbonyl (C=O) groups excluding carboxylic acids is 2. The lowest BCUT2D eigenvalue weighted by atomic mass is 10.2. The van der Waals surface area contributed by atoms with Crippen molar-refractivity contribution in [3.05, 3.63) is 54.1 Å². The van der Waals surface area contributed by atoms with Crippen molar-refractivity contribution in [1.29, 1.82) is 0 Å². The molecule has 2 amide bonds. The first-order valence-corrected chi connectivity index (χ1v) is 8.95. The van der Waals surface area contributed by atoms with Crippen LogP contribution in [0.2, 0.25) is 0 Å². The number of hydrogen-bond donors (Lipinski definition) is 1. The topological polar surface area (TPSA) is 77.1 Å². The van der Waals surface area contributed by atoms with Gasteiger partial charge in [0.05, 0.1) is 13.2 Å². The molecule has 2 aromatic carbocycles. The number of methoxy groups -OCH3 is 1. The normalized spacial score (nSPS) is 18.0. The number of nitrogens with one attached hydrogen (secondary N) is 1. The van der Waals surface area contributed by atoms with Gasteiger partial charge in [-0.05, 0) is 48.0 Å². The number of amides is 2. The fourth-order valence-corrected chi connectivity index (χ4v) is 3.25. The Morgan fingerprint density at radius 2 is 1.96 bits per heavy atom. The number of anilines is 1. The van der Waals surface area contributed by atoms with E-state index < -0.39 is 0 Å². The Labute approximate surface area is 162 Å². The standard InChI is InChI=1S/C21H20N2O5/c1-26-17-6-4-16(5-7-17)23-12-15(11-21(23)25)22-20(24)9-3-14-2-8-18-19(10-14)28-13-27-18/h2-10,15H,11-13H2,1H3,(H,22,24)/b9-3-/t15-/m1/s1. The lowest BCUT2D eigenvalue weighted by molar-refractivity contribution is -0.117. The van der Waals surface area contributed by atoms with Crippen LogP contribution in [0.25, 0.3) is 6.08 Å². The molecule has 0 bridgehead atoms. The van der Waals surface area contributed by atoms with Gasteiger partial charge in [0.25, 0.3) is 0 Å². The lowest BCUT2D eigenvalue weighted by Gasteiger charge is -2.17. The summed E-state index contributed by atoms with van der Waals surface area (Å²) in [4.78, 5) is 26.2. The SMILES string of the molecule is COc1ccc(N2C[C@H](NC(=O)/C=C\c3ccc4c(c3)OCO4)CC2=O)cc1. The van der Waals surface area contributed by atoms with Crippen molar-refractivity contribution in [1.82, 2.24) is 5.32 Å². The van der Waals surface area contributed by atoms with E-state index in [1.807, 2.05) is 42.5 Å². The molecular weight excluding hydrogens is 360 g/mol. The monoisotopic (exact) mass is 380 g/mol. The Morgan fingerprint density at radius 1 is 1.18 bits per heavy atom. The second-order valence-electron chi connectivity index (χ2n) is 6.56. The van der Waals surface area contributed by atoms with E-state index >= 15 is 0 Å². The second-order valence-corrected chi connectivity index (χ2v) is 6.56. The molecule has 2 aliphatic rings. The zero-order valence-electron chi connectivity index (χ0n) is 15.4. The largest absolute Gasteiger partial charge is 0.497 e. The maximum atomic E-state index is 12.3. The molecule has 1 fully saturated rings. The zero-order chi connectivity index (χ0) is 19.5. The van der Waals surface area contributed by atoms with E-state index in [2.05, 4.69) is 5.32 Å². The molecule has 144 valence electrons. The third kappa shape index (κ3) is 3.78. The number of carbonyl (C=O) groups is 2. The molecule has 0 spiro atoms. The summed E-state index contributed by atoms with van der Waals surface area (Å²) >= 11 is 0. The van der Waals surface area contributed by atoms with E-state index in [0.29, 0.717) is 18.0 Å². The second kappa shape index (κ2) is 7.64. The van der Waals surface area contributed by atoms with Gasteiger partial charge in [-0.15, -0.1) is 0 Å². The molecule has 0 radical (unpaired) electrons. The predicted molar refractivity (Wildman–Crippen MR) is 103 cm³/mol. The average Bonchev–Trinajstić information content (AvgIpc) is 3.32. The highest BCUT2D eigenvalue weighted by atomic mass is 16.7. The van der Waals surface area contributed by atoms with Crippen molar-refractivity contribution in [2.24, 2.45) is 0 Å². The Hall–Kier alpha value is -3.48. The van der Waals surface area contributed by atoms with Crippen LogP contribution >= 0.6 is 0 Å². The first-order valence-electron chi connectivity index (χ1n) is 8.95. The van der Waals surface area contributed by atoms with Gasteiger partial charge in [-0.25, -0.2) is 0 Å². The Balaban J connectivity index is 1.35. The Bertz CT molecular complexity index is 923. The van der Waals surface area contributed by atoms with Gasteiger partial charge in [0.2, 0.25) is 18.6 Å². The summed E-state index contributed by atoms with van der Waals surface area (Å²) in [5, 5.41) is 2.89. The summed E-state index contributed by atoms with van der Waals surface area (Å²) in [6.45, 7) is 0.651. The third-order valence-electron chi connectivity index (χ3n) is 4.68. The molecule has 2 heterocycles. The molecule has 0 saturated carbocycles. The van der Waals surface area contributed by atoms with Crippen molar-refractivity contribution >= 4 is 23.6 Å². The van der Waals surface area contributed by atoms with Gasteiger partial charge in [0, 0.05) is 24.7 Å². The molecule has 0 aromatic heterocycles. The molecule has 4 rings (SSSR count). The first-order chi connectivity index (χ1) is 13.6. The lowest BCUT2D eigenvalue weighted by Crippen LogP contribution is -2.36. The van der Waals surface area contributed by atoms with Gasteiger partial charge < -0.3 is 24.4 Å². The number of benzene rings is 2. The minimum atomic E-state index is -0.243. The molecule has 0 aliphatic carbocycles. The molecular formula is C21H20N2O5. The summed E-state index contributed by atoms with van der Waals surface area (Å²) in [6, 6.07) is 12.5. The van der Waals surface area contributed by atoms with Crippen molar-refractivity contribution in [3.8, 4) is 17.2 Å². The van der Waals surface area contributed by atoms with Crippen LogP contribution in [-0.2, 0) is 9.59 Å². The molecule has 2 aromatic rings. The maximum absolute atomic E-state index is 12.3. The van der Waals surface area contributed by atoms with E-state index in [0.717, 1.165) is 17.0 Å². The van der Waals surface area contributed by atoms with Gasteiger partial charge >= 0.3 is 0 Å². The molecule has 28 heavy (non-hydrogen) atoms. The van der Waals surface area contributed by atoms with Crippen molar-refractivity contribution in [2.45, 2.75) is 12.5 Å². The molecule has 1 saturated heterocycles. The van der Waals surface area contributed by atoms with Crippen LogP contribution in [0.4, 0.5) is 5.69 Å². The highest BCUT2D eigenvalue weighted by Gasteiger charge is 2.31. The highest BCUT2D eigenvalue weighted by molar-refractivity contribution is 5.98. The summed E-state index contributed by atoms with van der Waals surface area (Å²) in [6.07, 6.45) is 3.43. The van der Waals surface area contributed by atoms with Gasteiger partial charge in [-0.2, -0.15) is 0 Å². The summed E-state index contributed by atoms with van der Waals surface area (Å²) in [5.74, 6) is 1.83. The summed E-state index contributed by atoms with van der Waals surface area (Å²) in [5.41, 5.74) is 1.63. The Morgan fingerprint density at radius 3 is 2.75 bits per heavy atom. The molecule has 1 N–H and O–H groups in total. The van der Waals surface area contributed by atoms with E-state index in [4.69, 9.17) is 14.2 Å². The fraction of sp³-hybridized carbons (Fsp3) is 0.238. The van der Waals surface area contributed by atoms with Crippen molar-refractivity contribution in [3.63, 3.8) is 0 Å². The van der Waals surface area contributed by atoms with Crippen molar-refractivity contribution < 1.29 is 23.8 Å². The highest BCUT2D eigenvalue weighted by Crippen LogP contribution is 2.32. The minimum absolute atomic E-state index is 0.0183. The third-order valence-corrected chi connectivity index (χ3v) is 4.68. The van der Waals surface area contributed by atoms with Crippen molar-refractivity contribution in [2.75, 3.05) is 25.3 Å². The quantitative estimate of drug-likeness (QED) is 0.806. The Kier molecular flexibility index (Phi) is 4.89. The van der Waals surface area contributed by atoms with Crippen LogP contribution in [0.3, 0.4) is 0 Å². The predicted octanol–water partition coefficient (Wildman–Crippen LogP) is 2.36. The number of fused-ring (bicyclic) bond motifs is 1. The number of rotatable bonds is 5. The van der Waals surface area contributed by atoms with Gasteiger partial charge in [0.1, 0.15) is 5.75 Å². The van der Waals surface area contributed by atoms with Crippen LogP contribution < -0.4 is 24.4 Å². The van der Waals surface area contributed by atoms with E-state index in [1.54, 1.807) is 18.1 Å². The van der Waals surface area contributed by atoms with Gasteiger partial charge in [0.15, 0.2) is 11.5 Å². The maximum Gasteiger partial charge on any atom is 0.244 e. The summed E-state index contributed by atoms with van der Waals surface area (Å²) < 4.78 is 15.7. The number of ether oxygens (including phenoxy) is 3. The summed E-state index contributed by atoms with van der Waals surface area (Å²) in [7, 11) is 1.60. The smallest absolute Gasteiger partial charge is 0.244 e. The molecule has 7 nitrogen and oxygen atoms in total. The molecule has 0 unspecified atom stereocenters. The van der Waals surface area contributed by atoms with Crippen LogP contribution in [0.1, 0.15) is 12.0 Å². The zero-order valence-corrected chi connectivity index (χ0v) is 15.4. The average molecular weight is 380 g/mol. The van der Waals surface area contributed by atoms with E-state index in [1.165, 1.54) is 6.08 Å². The van der Waals surface area contributed by atoms with E-state index in [9.17, 15) is 9.59 Å². The van der Waals surface area contributed by atoms with Crippen LogP contribution in [0.15, 0.2) is 48.5 Å². The molecule has 7 heteroatoms. The van der Waals surface area contributed by atoms with Gasteiger partial charge in [-0.1, -0.05) is 6.07 Å².